The maximum absolute atomic E-state index is 11.9. The number of hydrogen-bond acceptors (Lipinski definition) is 5. The highest BCUT2D eigenvalue weighted by Crippen LogP contribution is 2.30. The van der Waals surface area contributed by atoms with Gasteiger partial charge in [0.15, 0.2) is 0 Å². The van der Waals surface area contributed by atoms with Crippen molar-refractivity contribution in [2.24, 2.45) is 0 Å². The van der Waals surface area contributed by atoms with E-state index in [0.29, 0.717) is 28.1 Å². The fourth-order valence-corrected chi connectivity index (χ4v) is 2.14. The van der Waals surface area contributed by atoms with Gasteiger partial charge in [0.2, 0.25) is 0 Å². The first-order chi connectivity index (χ1) is 9.70. The summed E-state index contributed by atoms with van der Waals surface area (Å²) in [6.45, 7) is 1.79. The number of fused-ring (bicyclic) bond motifs is 1. The Morgan fingerprint density at radius 1 is 1.25 bits per heavy atom. The number of hydrogen-bond donors (Lipinski definition) is 0. The SMILES string of the molecule is COC(=O)c1cc(C)nc2onc(-c3ccccc3)c12. The van der Waals surface area contributed by atoms with Crippen molar-refractivity contribution in [1.82, 2.24) is 10.1 Å². The number of nitrogens with zero attached hydrogens (tertiary/aromatic N) is 2. The lowest BCUT2D eigenvalue weighted by Crippen LogP contribution is -2.03. The zero-order valence-corrected chi connectivity index (χ0v) is 11.1. The minimum absolute atomic E-state index is 0.337. The largest absolute Gasteiger partial charge is 0.465 e. The van der Waals surface area contributed by atoms with Gasteiger partial charge in [-0.3, -0.25) is 0 Å². The number of aryl methyl sites for hydroxylation is 1. The zero-order chi connectivity index (χ0) is 14.1. The van der Waals surface area contributed by atoms with E-state index in [1.807, 2.05) is 30.3 Å². The van der Waals surface area contributed by atoms with E-state index < -0.39 is 5.97 Å². The molecule has 100 valence electrons. The molecule has 2 heterocycles. The molecule has 5 heteroatoms. The molecule has 0 aliphatic carbocycles. The Labute approximate surface area is 115 Å². The predicted molar refractivity (Wildman–Crippen MR) is 73.3 cm³/mol. The van der Waals surface area contributed by atoms with Crippen LogP contribution in [0.1, 0.15) is 16.1 Å². The molecule has 3 aromatic rings. The van der Waals surface area contributed by atoms with Crippen LogP contribution in [0.2, 0.25) is 0 Å². The van der Waals surface area contributed by atoms with Crippen LogP contribution in [0.3, 0.4) is 0 Å². The molecule has 0 bridgehead atoms. The Balaban J connectivity index is 2.33. The molecule has 2 aromatic heterocycles. The standard InChI is InChI=1S/C15H12N2O3/c1-9-8-11(15(18)19-2)12-13(17-20-14(12)16-9)10-6-4-3-5-7-10/h3-8H,1-2H3. The second-order valence-electron chi connectivity index (χ2n) is 4.38. The van der Waals surface area contributed by atoms with Gasteiger partial charge in [0.25, 0.3) is 5.71 Å². The average Bonchev–Trinajstić information content (AvgIpc) is 2.90. The molecular weight excluding hydrogens is 256 g/mol. The summed E-state index contributed by atoms with van der Waals surface area (Å²) in [5.41, 5.74) is 2.88. The normalized spacial score (nSPS) is 10.7. The Morgan fingerprint density at radius 2 is 2.00 bits per heavy atom. The second kappa shape index (κ2) is 4.77. The Bertz CT molecular complexity index is 778. The number of aromatic nitrogens is 2. The van der Waals surface area contributed by atoms with E-state index in [1.54, 1.807) is 13.0 Å². The third-order valence-electron chi connectivity index (χ3n) is 3.03. The van der Waals surface area contributed by atoms with Crippen molar-refractivity contribution >= 4 is 17.1 Å². The quantitative estimate of drug-likeness (QED) is 0.668. The minimum Gasteiger partial charge on any atom is -0.465 e. The van der Waals surface area contributed by atoms with Gasteiger partial charge in [-0.05, 0) is 13.0 Å². The lowest BCUT2D eigenvalue weighted by Gasteiger charge is -2.03. The molecule has 0 N–H and O–H groups in total. The van der Waals surface area contributed by atoms with E-state index in [-0.39, 0.29) is 0 Å². The number of rotatable bonds is 2. The number of ether oxygens (including phenoxy) is 1. The molecule has 0 radical (unpaired) electrons. The van der Waals surface area contributed by atoms with Crippen LogP contribution in [0.15, 0.2) is 40.9 Å². The first kappa shape index (κ1) is 12.3. The number of methoxy groups -OCH3 is 1. The molecule has 0 aliphatic heterocycles. The minimum atomic E-state index is -0.430. The number of carbonyl (C=O) groups excluding carboxylic acids is 1. The van der Waals surface area contributed by atoms with E-state index in [0.717, 1.165) is 5.56 Å². The summed E-state index contributed by atoms with van der Waals surface area (Å²) in [6, 6.07) is 11.2. The van der Waals surface area contributed by atoms with Crippen LogP contribution in [0, 0.1) is 6.92 Å². The van der Waals surface area contributed by atoms with Gasteiger partial charge in [0, 0.05) is 11.3 Å². The molecular formula is C15H12N2O3. The highest BCUT2D eigenvalue weighted by atomic mass is 16.5. The van der Waals surface area contributed by atoms with E-state index in [1.165, 1.54) is 7.11 Å². The first-order valence-electron chi connectivity index (χ1n) is 6.11. The highest BCUT2D eigenvalue weighted by Gasteiger charge is 2.20. The molecule has 3 rings (SSSR count). The number of benzene rings is 1. The van der Waals surface area contributed by atoms with Gasteiger partial charge in [-0.25, -0.2) is 9.78 Å². The fourth-order valence-electron chi connectivity index (χ4n) is 2.14. The predicted octanol–water partition coefficient (Wildman–Crippen LogP) is 2.98. The van der Waals surface area contributed by atoms with Gasteiger partial charge in [-0.15, -0.1) is 0 Å². The monoisotopic (exact) mass is 268 g/mol. The molecule has 5 nitrogen and oxygen atoms in total. The third kappa shape index (κ3) is 1.93. The topological polar surface area (TPSA) is 65.2 Å². The summed E-state index contributed by atoms with van der Waals surface area (Å²) >= 11 is 0. The smallest absolute Gasteiger partial charge is 0.338 e. The molecule has 1 aromatic carbocycles. The van der Waals surface area contributed by atoms with Crippen LogP contribution in [0.4, 0.5) is 0 Å². The van der Waals surface area contributed by atoms with Crippen molar-refractivity contribution in [2.45, 2.75) is 6.92 Å². The lowest BCUT2D eigenvalue weighted by molar-refractivity contribution is 0.0602. The van der Waals surface area contributed by atoms with E-state index in [2.05, 4.69) is 10.1 Å². The van der Waals surface area contributed by atoms with Gasteiger partial charge >= 0.3 is 5.97 Å². The van der Waals surface area contributed by atoms with E-state index >= 15 is 0 Å². The molecule has 0 aliphatic rings. The summed E-state index contributed by atoms with van der Waals surface area (Å²) in [7, 11) is 1.35. The molecule has 0 saturated heterocycles. The lowest BCUT2D eigenvalue weighted by atomic mass is 10.0. The Hall–Kier alpha value is -2.69. The van der Waals surface area contributed by atoms with Crippen molar-refractivity contribution in [2.75, 3.05) is 7.11 Å². The molecule has 0 spiro atoms. The molecule has 0 fully saturated rings. The van der Waals surface area contributed by atoms with Crippen LogP contribution in [-0.2, 0) is 4.74 Å². The molecule has 0 amide bonds. The third-order valence-corrected chi connectivity index (χ3v) is 3.03. The Morgan fingerprint density at radius 3 is 2.70 bits per heavy atom. The van der Waals surface area contributed by atoms with Gasteiger partial charge in [0.1, 0.15) is 5.69 Å². The van der Waals surface area contributed by atoms with Crippen LogP contribution in [0.25, 0.3) is 22.4 Å². The molecule has 0 unspecified atom stereocenters. The summed E-state index contributed by atoms with van der Waals surface area (Å²) in [6.07, 6.45) is 0. The maximum atomic E-state index is 11.9. The number of pyridine rings is 1. The summed E-state index contributed by atoms with van der Waals surface area (Å²) in [5.74, 6) is -0.430. The zero-order valence-electron chi connectivity index (χ0n) is 11.1. The van der Waals surface area contributed by atoms with Crippen LogP contribution >= 0.6 is 0 Å². The van der Waals surface area contributed by atoms with Gasteiger partial charge in [0.05, 0.1) is 18.1 Å². The van der Waals surface area contributed by atoms with Crippen LogP contribution < -0.4 is 0 Å². The fraction of sp³-hybridized carbons (Fsp3) is 0.133. The van der Waals surface area contributed by atoms with Crippen molar-refractivity contribution in [3.05, 3.63) is 47.7 Å². The second-order valence-corrected chi connectivity index (χ2v) is 4.38. The van der Waals surface area contributed by atoms with E-state index in [9.17, 15) is 4.79 Å². The summed E-state index contributed by atoms with van der Waals surface area (Å²) in [4.78, 5) is 16.2. The van der Waals surface area contributed by atoms with Crippen molar-refractivity contribution in [3.63, 3.8) is 0 Å². The van der Waals surface area contributed by atoms with Crippen LogP contribution in [0.5, 0.6) is 0 Å². The molecule has 20 heavy (non-hydrogen) atoms. The first-order valence-corrected chi connectivity index (χ1v) is 6.11. The van der Waals surface area contributed by atoms with Crippen molar-refractivity contribution in [3.8, 4) is 11.3 Å². The van der Waals surface area contributed by atoms with Crippen molar-refractivity contribution in [1.29, 1.82) is 0 Å². The average molecular weight is 268 g/mol. The van der Waals surface area contributed by atoms with Gasteiger partial charge in [-0.1, -0.05) is 35.5 Å². The number of esters is 1. The maximum Gasteiger partial charge on any atom is 0.338 e. The van der Waals surface area contributed by atoms with E-state index in [4.69, 9.17) is 9.26 Å². The summed E-state index contributed by atoms with van der Waals surface area (Å²) < 4.78 is 10.1. The highest BCUT2D eigenvalue weighted by molar-refractivity contribution is 6.07. The summed E-state index contributed by atoms with van der Waals surface area (Å²) in [5, 5.41) is 4.62. The molecule has 0 atom stereocenters. The van der Waals surface area contributed by atoms with Crippen LogP contribution in [-0.4, -0.2) is 23.2 Å². The number of carbonyl (C=O) groups is 1. The van der Waals surface area contributed by atoms with Gasteiger partial charge in [-0.2, -0.15) is 0 Å². The van der Waals surface area contributed by atoms with Crippen molar-refractivity contribution < 1.29 is 14.1 Å². The van der Waals surface area contributed by atoms with Gasteiger partial charge < -0.3 is 9.26 Å². The molecule has 0 saturated carbocycles. The Kier molecular flexibility index (Phi) is 2.95.